The lowest BCUT2D eigenvalue weighted by Crippen LogP contribution is -2.14. The molecule has 0 aliphatic rings. The fourth-order valence-electron chi connectivity index (χ4n) is 3.43. The number of carbonyl (C=O) groups excluding carboxylic acids is 1. The predicted octanol–water partition coefficient (Wildman–Crippen LogP) is 4.67. The van der Waals surface area contributed by atoms with E-state index in [9.17, 15) is 14.9 Å². The molecule has 2 aromatic heterocycles. The number of benzene rings is 3. The van der Waals surface area contributed by atoms with Gasteiger partial charge in [-0.1, -0.05) is 42.1 Å². The number of rotatable bonds is 5. The number of nitro groups is 1. The highest BCUT2D eigenvalue weighted by atomic mass is 32.2. The van der Waals surface area contributed by atoms with Gasteiger partial charge in [0.1, 0.15) is 5.65 Å². The number of para-hydroxylation sites is 3. The van der Waals surface area contributed by atoms with Crippen LogP contribution in [0.3, 0.4) is 0 Å². The molecule has 8 nitrogen and oxygen atoms in total. The number of non-ortho nitro benzene ring substituents is 1. The maximum atomic E-state index is 12.5. The van der Waals surface area contributed by atoms with Gasteiger partial charge in [-0.25, -0.2) is 9.97 Å². The van der Waals surface area contributed by atoms with Gasteiger partial charge in [-0.15, -0.1) is 0 Å². The molecule has 2 heterocycles. The molecule has 0 aliphatic heterocycles. The van der Waals surface area contributed by atoms with Crippen molar-refractivity contribution in [1.82, 2.24) is 14.4 Å². The Bertz CT molecular complexity index is 1480. The Kier molecular flexibility index (Phi) is 4.72. The van der Waals surface area contributed by atoms with Crippen molar-refractivity contribution >= 4 is 56.6 Å². The molecular weight excluding hydrogens is 414 g/mol. The maximum Gasteiger partial charge on any atom is 0.271 e. The number of anilines is 1. The summed E-state index contributed by atoms with van der Waals surface area (Å²) in [5.74, 6) is -0.187. The third-order valence-corrected chi connectivity index (χ3v) is 5.72. The number of nitrogens with one attached hydrogen (secondary N) is 1. The molecule has 0 saturated heterocycles. The minimum absolute atomic E-state index is 0.0757. The molecular formula is C22H15N5O3S. The van der Waals surface area contributed by atoms with Crippen molar-refractivity contribution in [3.05, 3.63) is 82.9 Å². The van der Waals surface area contributed by atoms with E-state index >= 15 is 0 Å². The van der Waals surface area contributed by atoms with Crippen molar-refractivity contribution in [3.8, 4) is 0 Å². The summed E-state index contributed by atoms with van der Waals surface area (Å²) in [7, 11) is 0. The van der Waals surface area contributed by atoms with E-state index in [1.807, 2.05) is 52.9 Å². The van der Waals surface area contributed by atoms with E-state index in [1.54, 1.807) is 6.07 Å². The molecule has 0 aliphatic carbocycles. The molecule has 3 aromatic carbocycles. The number of nitrogens with zero attached hydrogens (tertiary/aromatic N) is 4. The molecule has 31 heavy (non-hydrogen) atoms. The topological polar surface area (TPSA) is 102 Å². The average molecular weight is 429 g/mol. The number of aromatic nitrogens is 3. The fourth-order valence-corrected chi connectivity index (χ4v) is 4.24. The van der Waals surface area contributed by atoms with Crippen molar-refractivity contribution in [1.29, 1.82) is 0 Å². The zero-order valence-corrected chi connectivity index (χ0v) is 16.9. The van der Waals surface area contributed by atoms with Crippen LogP contribution in [-0.2, 0) is 4.79 Å². The zero-order valence-electron chi connectivity index (χ0n) is 16.1. The quantitative estimate of drug-likeness (QED) is 0.188. The molecule has 0 atom stereocenters. The molecule has 0 bridgehead atoms. The van der Waals surface area contributed by atoms with Crippen LogP contribution in [0.1, 0.15) is 0 Å². The molecule has 5 rings (SSSR count). The standard InChI is InChI=1S/C22H15N5O3S/c28-20(23-14-6-5-7-15(12-14)27(29)30)13-31-22-25-17-9-2-1-8-16(17)21-24-18-10-3-4-11-19(18)26(21)22/h1-12H,13H2,(H,23,28). The Hall–Kier alpha value is -3.98. The highest BCUT2D eigenvalue weighted by molar-refractivity contribution is 7.99. The molecule has 1 amide bonds. The predicted molar refractivity (Wildman–Crippen MR) is 120 cm³/mol. The Morgan fingerprint density at radius 1 is 1.00 bits per heavy atom. The van der Waals surface area contributed by atoms with Crippen LogP contribution in [0.25, 0.3) is 27.6 Å². The van der Waals surface area contributed by atoms with Crippen LogP contribution < -0.4 is 5.32 Å². The second-order valence-electron chi connectivity index (χ2n) is 6.82. The fraction of sp³-hybridized carbons (Fsp3) is 0.0455. The summed E-state index contributed by atoms with van der Waals surface area (Å²) >= 11 is 1.29. The summed E-state index contributed by atoms with van der Waals surface area (Å²) in [6, 6.07) is 21.4. The first-order chi connectivity index (χ1) is 15.1. The Balaban J connectivity index is 1.48. The minimum Gasteiger partial charge on any atom is -0.325 e. The van der Waals surface area contributed by atoms with E-state index in [4.69, 9.17) is 9.97 Å². The number of fused-ring (bicyclic) bond motifs is 5. The van der Waals surface area contributed by atoms with Crippen LogP contribution in [0.4, 0.5) is 11.4 Å². The smallest absolute Gasteiger partial charge is 0.271 e. The van der Waals surface area contributed by atoms with Gasteiger partial charge in [0.2, 0.25) is 5.91 Å². The molecule has 0 spiro atoms. The molecule has 152 valence electrons. The van der Waals surface area contributed by atoms with Gasteiger partial charge in [-0.05, 0) is 30.3 Å². The van der Waals surface area contributed by atoms with Crippen LogP contribution in [0.2, 0.25) is 0 Å². The summed E-state index contributed by atoms with van der Waals surface area (Å²) in [5.41, 5.74) is 3.65. The van der Waals surface area contributed by atoms with Crippen molar-refractivity contribution in [2.24, 2.45) is 0 Å². The SMILES string of the molecule is O=C(CSc1nc2ccccc2c2nc3ccccc3n12)Nc1cccc([N+](=O)[O-])c1. The Labute approximate surface area is 180 Å². The van der Waals surface area contributed by atoms with E-state index < -0.39 is 4.92 Å². The first kappa shape index (κ1) is 19.0. The van der Waals surface area contributed by atoms with E-state index in [-0.39, 0.29) is 17.3 Å². The summed E-state index contributed by atoms with van der Waals surface area (Å²) in [5, 5.41) is 15.2. The second kappa shape index (κ2) is 7.69. The van der Waals surface area contributed by atoms with Gasteiger partial charge < -0.3 is 5.32 Å². The summed E-state index contributed by atoms with van der Waals surface area (Å²) in [6.07, 6.45) is 0. The van der Waals surface area contributed by atoms with Gasteiger partial charge in [0.05, 0.1) is 27.2 Å². The molecule has 5 aromatic rings. The van der Waals surface area contributed by atoms with Crippen LogP contribution in [-0.4, -0.2) is 31.0 Å². The van der Waals surface area contributed by atoms with Crippen LogP contribution in [0.5, 0.6) is 0 Å². The lowest BCUT2D eigenvalue weighted by molar-refractivity contribution is -0.384. The number of nitro benzene ring substituents is 1. The van der Waals surface area contributed by atoms with Crippen LogP contribution in [0, 0.1) is 10.1 Å². The number of amides is 1. The van der Waals surface area contributed by atoms with Gasteiger partial charge in [-0.2, -0.15) is 0 Å². The Morgan fingerprint density at radius 2 is 1.77 bits per heavy atom. The highest BCUT2D eigenvalue weighted by Gasteiger charge is 2.15. The monoisotopic (exact) mass is 429 g/mol. The van der Waals surface area contributed by atoms with E-state index in [1.165, 1.54) is 30.0 Å². The number of hydrogen-bond donors (Lipinski definition) is 1. The van der Waals surface area contributed by atoms with Gasteiger partial charge in [-0.3, -0.25) is 19.3 Å². The van der Waals surface area contributed by atoms with E-state index in [0.717, 1.165) is 27.6 Å². The van der Waals surface area contributed by atoms with Crippen molar-refractivity contribution in [2.75, 3.05) is 11.1 Å². The van der Waals surface area contributed by atoms with Crippen LogP contribution >= 0.6 is 11.8 Å². The van der Waals surface area contributed by atoms with E-state index in [0.29, 0.717) is 10.8 Å². The molecule has 0 radical (unpaired) electrons. The number of imidazole rings is 1. The maximum absolute atomic E-state index is 12.5. The largest absolute Gasteiger partial charge is 0.325 e. The highest BCUT2D eigenvalue weighted by Crippen LogP contribution is 2.29. The van der Waals surface area contributed by atoms with Gasteiger partial charge >= 0.3 is 0 Å². The second-order valence-corrected chi connectivity index (χ2v) is 7.76. The third-order valence-electron chi connectivity index (χ3n) is 4.79. The number of thioether (sulfide) groups is 1. The lowest BCUT2D eigenvalue weighted by atomic mass is 10.2. The first-order valence-corrected chi connectivity index (χ1v) is 10.4. The molecule has 0 fully saturated rings. The Morgan fingerprint density at radius 3 is 2.61 bits per heavy atom. The molecule has 1 N–H and O–H groups in total. The summed E-state index contributed by atoms with van der Waals surface area (Å²) in [6.45, 7) is 0. The van der Waals surface area contributed by atoms with Crippen molar-refractivity contribution in [2.45, 2.75) is 5.16 Å². The first-order valence-electron chi connectivity index (χ1n) is 9.43. The molecule has 0 saturated carbocycles. The summed E-state index contributed by atoms with van der Waals surface area (Å²) in [4.78, 5) is 32.5. The summed E-state index contributed by atoms with van der Waals surface area (Å²) < 4.78 is 1.96. The van der Waals surface area contributed by atoms with Crippen molar-refractivity contribution in [3.63, 3.8) is 0 Å². The lowest BCUT2D eigenvalue weighted by Gasteiger charge is -2.09. The van der Waals surface area contributed by atoms with Crippen molar-refractivity contribution < 1.29 is 9.72 Å². The molecule has 9 heteroatoms. The number of hydrogen-bond acceptors (Lipinski definition) is 6. The van der Waals surface area contributed by atoms with Gasteiger partial charge in [0.25, 0.3) is 5.69 Å². The zero-order chi connectivity index (χ0) is 21.4. The van der Waals surface area contributed by atoms with Gasteiger partial charge in [0.15, 0.2) is 5.16 Å². The van der Waals surface area contributed by atoms with E-state index in [2.05, 4.69) is 5.32 Å². The third kappa shape index (κ3) is 3.55. The molecule has 0 unspecified atom stereocenters. The minimum atomic E-state index is -0.496. The van der Waals surface area contributed by atoms with Gasteiger partial charge in [0, 0.05) is 23.2 Å². The number of carbonyl (C=O) groups is 1. The van der Waals surface area contributed by atoms with Crippen LogP contribution in [0.15, 0.2) is 78.0 Å². The normalized spacial score (nSPS) is 11.2. The average Bonchev–Trinajstić information content (AvgIpc) is 3.18.